The molecule has 1 unspecified atom stereocenters. The van der Waals surface area contributed by atoms with Crippen LogP contribution in [0.4, 0.5) is 0 Å². The summed E-state index contributed by atoms with van der Waals surface area (Å²) in [5, 5.41) is 3.87. The number of hydrogen-bond acceptors (Lipinski definition) is 3. The highest BCUT2D eigenvalue weighted by Gasteiger charge is 2.03. The summed E-state index contributed by atoms with van der Waals surface area (Å²) >= 11 is 6.29. The summed E-state index contributed by atoms with van der Waals surface area (Å²) in [6, 6.07) is 8.55. The summed E-state index contributed by atoms with van der Waals surface area (Å²) in [6.45, 7) is 4.40. The van der Waals surface area contributed by atoms with Crippen LogP contribution in [0.3, 0.4) is 0 Å². The Morgan fingerprint density at radius 2 is 1.79 bits per heavy atom. The van der Waals surface area contributed by atoms with Crippen molar-refractivity contribution in [2.24, 2.45) is 0 Å². The standard InChI is InChI=1S/C11H17NS2/c1-8(2)14-10-6-4-9(5-7-10)11(13)12-3/h4-8,11-13H,1-3H3. The lowest BCUT2D eigenvalue weighted by Crippen LogP contribution is -2.09. The van der Waals surface area contributed by atoms with Crippen molar-refractivity contribution in [3.05, 3.63) is 29.8 Å². The smallest absolute Gasteiger partial charge is 0.0757 e. The lowest BCUT2D eigenvalue weighted by atomic mass is 10.2. The maximum Gasteiger partial charge on any atom is 0.0757 e. The maximum atomic E-state index is 4.41. The minimum atomic E-state index is 0.132. The van der Waals surface area contributed by atoms with Crippen LogP contribution in [0, 0.1) is 0 Å². The zero-order chi connectivity index (χ0) is 10.6. The molecule has 1 rings (SSSR count). The van der Waals surface area contributed by atoms with Gasteiger partial charge in [-0.05, 0) is 24.7 Å². The van der Waals surface area contributed by atoms with E-state index in [0.717, 1.165) is 0 Å². The molecule has 0 aliphatic heterocycles. The second-order valence-electron chi connectivity index (χ2n) is 3.43. The molecular formula is C11H17NS2. The van der Waals surface area contributed by atoms with Gasteiger partial charge in [-0.3, -0.25) is 0 Å². The Kier molecular flexibility index (Phi) is 4.85. The first-order valence-corrected chi connectivity index (χ1v) is 6.15. The highest BCUT2D eigenvalue weighted by molar-refractivity contribution is 7.99. The molecule has 0 saturated heterocycles. The molecule has 0 aromatic heterocycles. The zero-order valence-corrected chi connectivity index (χ0v) is 10.5. The van der Waals surface area contributed by atoms with Crippen molar-refractivity contribution in [1.82, 2.24) is 5.32 Å². The predicted molar refractivity (Wildman–Crippen MR) is 68.2 cm³/mol. The van der Waals surface area contributed by atoms with Gasteiger partial charge in [-0.2, -0.15) is 12.6 Å². The summed E-state index contributed by atoms with van der Waals surface area (Å²) < 4.78 is 0. The lowest BCUT2D eigenvalue weighted by molar-refractivity contribution is 0.799. The highest BCUT2D eigenvalue weighted by Crippen LogP contribution is 2.25. The predicted octanol–water partition coefficient (Wildman–Crippen LogP) is 3.33. The first-order valence-electron chi connectivity index (χ1n) is 4.75. The molecule has 0 spiro atoms. The van der Waals surface area contributed by atoms with E-state index in [1.54, 1.807) is 0 Å². The van der Waals surface area contributed by atoms with Crippen molar-refractivity contribution >= 4 is 24.4 Å². The van der Waals surface area contributed by atoms with Gasteiger partial charge in [0.1, 0.15) is 0 Å². The summed E-state index contributed by atoms with van der Waals surface area (Å²) in [6.07, 6.45) is 0. The third-order valence-corrected chi connectivity index (χ3v) is 3.41. The van der Waals surface area contributed by atoms with E-state index in [0.29, 0.717) is 5.25 Å². The van der Waals surface area contributed by atoms with E-state index in [1.807, 2.05) is 18.8 Å². The van der Waals surface area contributed by atoms with Gasteiger partial charge in [-0.1, -0.05) is 26.0 Å². The van der Waals surface area contributed by atoms with Gasteiger partial charge in [0, 0.05) is 10.1 Å². The minimum absolute atomic E-state index is 0.132. The summed E-state index contributed by atoms with van der Waals surface area (Å²) in [7, 11) is 1.91. The number of benzene rings is 1. The van der Waals surface area contributed by atoms with Gasteiger partial charge in [0.2, 0.25) is 0 Å². The second kappa shape index (κ2) is 5.69. The van der Waals surface area contributed by atoms with Gasteiger partial charge in [0.15, 0.2) is 0 Å². The zero-order valence-electron chi connectivity index (χ0n) is 8.82. The van der Waals surface area contributed by atoms with E-state index in [4.69, 9.17) is 0 Å². The Labute approximate surface area is 96.1 Å². The molecule has 1 N–H and O–H groups in total. The van der Waals surface area contributed by atoms with E-state index in [1.165, 1.54) is 10.5 Å². The van der Waals surface area contributed by atoms with Gasteiger partial charge in [-0.15, -0.1) is 11.8 Å². The molecule has 0 fully saturated rings. The molecular weight excluding hydrogens is 210 g/mol. The van der Waals surface area contributed by atoms with Crippen LogP contribution in [-0.2, 0) is 0 Å². The molecule has 0 saturated carbocycles. The molecule has 0 radical (unpaired) electrons. The fraction of sp³-hybridized carbons (Fsp3) is 0.455. The Balaban J connectivity index is 2.68. The second-order valence-corrected chi connectivity index (χ2v) is 5.59. The third-order valence-electron chi connectivity index (χ3n) is 1.84. The summed E-state index contributed by atoms with van der Waals surface area (Å²) in [5.74, 6) is 0. The molecule has 1 aromatic rings. The van der Waals surface area contributed by atoms with Crippen LogP contribution >= 0.6 is 24.4 Å². The van der Waals surface area contributed by atoms with Gasteiger partial charge in [0.25, 0.3) is 0 Å². The fourth-order valence-corrected chi connectivity index (χ4v) is 2.18. The Hall–Kier alpha value is -0.120. The van der Waals surface area contributed by atoms with Crippen LogP contribution in [0.5, 0.6) is 0 Å². The molecule has 1 nitrogen and oxygen atoms in total. The van der Waals surface area contributed by atoms with Crippen molar-refractivity contribution < 1.29 is 0 Å². The van der Waals surface area contributed by atoms with Crippen molar-refractivity contribution in [3.63, 3.8) is 0 Å². The van der Waals surface area contributed by atoms with Crippen molar-refractivity contribution in [3.8, 4) is 0 Å². The number of rotatable bonds is 4. The molecule has 0 bridgehead atoms. The number of hydrogen-bond donors (Lipinski definition) is 2. The quantitative estimate of drug-likeness (QED) is 0.465. The van der Waals surface area contributed by atoms with E-state index in [-0.39, 0.29) is 5.37 Å². The topological polar surface area (TPSA) is 12.0 Å². The van der Waals surface area contributed by atoms with E-state index >= 15 is 0 Å². The number of thioether (sulfide) groups is 1. The van der Waals surface area contributed by atoms with Gasteiger partial charge < -0.3 is 5.32 Å². The Bertz CT molecular complexity index is 269. The third kappa shape index (κ3) is 3.56. The first-order chi connectivity index (χ1) is 6.63. The van der Waals surface area contributed by atoms with Crippen LogP contribution < -0.4 is 5.32 Å². The Morgan fingerprint density at radius 1 is 1.21 bits per heavy atom. The Morgan fingerprint density at radius 3 is 2.21 bits per heavy atom. The highest BCUT2D eigenvalue weighted by atomic mass is 32.2. The van der Waals surface area contributed by atoms with Crippen LogP contribution in [0.1, 0.15) is 24.8 Å². The molecule has 0 aliphatic rings. The number of thiol groups is 1. The average Bonchev–Trinajstić information content (AvgIpc) is 2.17. The largest absolute Gasteiger partial charge is 0.305 e. The molecule has 1 aromatic carbocycles. The maximum absolute atomic E-state index is 4.41. The lowest BCUT2D eigenvalue weighted by Gasteiger charge is -2.10. The summed E-state index contributed by atoms with van der Waals surface area (Å²) in [4.78, 5) is 1.32. The molecule has 14 heavy (non-hydrogen) atoms. The summed E-state index contributed by atoms with van der Waals surface area (Å²) in [5.41, 5.74) is 1.21. The minimum Gasteiger partial charge on any atom is -0.305 e. The normalized spacial score (nSPS) is 13.2. The molecule has 0 aliphatic carbocycles. The SMILES string of the molecule is CNC(S)c1ccc(SC(C)C)cc1. The van der Waals surface area contributed by atoms with Crippen LogP contribution in [0.2, 0.25) is 0 Å². The van der Waals surface area contributed by atoms with E-state index < -0.39 is 0 Å². The van der Waals surface area contributed by atoms with Crippen molar-refractivity contribution in [2.45, 2.75) is 29.4 Å². The van der Waals surface area contributed by atoms with Crippen LogP contribution in [0.15, 0.2) is 29.2 Å². The monoisotopic (exact) mass is 227 g/mol. The number of nitrogens with one attached hydrogen (secondary N) is 1. The molecule has 3 heteroatoms. The first kappa shape index (κ1) is 12.0. The van der Waals surface area contributed by atoms with Crippen LogP contribution in [0.25, 0.3) is 0 Å². The van der Waals surface area contributed by atoms with Gasteiger partial charge in [0.05, 0.1) is 5.37 Å². The fourth-order valence-electron chi connectivity index (χ4n) is 1.17. The van der Waals surface area contributed by atoms with E-state index in [9.17, 15) is 0 Å². The van der Waals surface area contributed by atoms with Crippen LogP contribution in [-0.4, -0.2) is 12.3 Å². The average molecular weight is 227 g/mol. The van der Waals surface area contributed by atoms with Crippen molar-refractivity contribution in [2.75, 3.05) is 7.05 Å². The molecule has 0 heterocycles. The molecule has 1 atom stereocenters. The van der Waals surface area contributed by atoms with Crippen molar-refractivity contribution in [1.29, 1.82) is 0 Å². The van der Waals surface area contributed by atoms with Gasteiger partial charge in [-0.25, -0.2) is 0 Å². The van der Waals surface area contributed by atoms with E-state index in [2.05, 4.69) is 56.1 Å². The molecule has 0 amide bonds. The van der Waals surface area contributed by atoms with Gasteiger partial charge >= 0.3 is 0 Å². The molecule has 78 valence electrons.